The maximum Gasteiger partial charge on any atom is 0.229 e. The van der Waals surface area contributed by atoms with Crippen LogP contribution in [-0.4, -0.2) is 19.7 Å². The summed E-state index contributed by atoms with van der Waals surface area (Å²) in [6.07, 6.45) is 2.83. The molecule has 0 fully saturated rings. The Morgan fingerprint density at radius 2 is 2.21 bits per heavy atom. The molecular weight excluding hydrogens is 306 g/mol. The first-order valence-electron chi connectivity index (χ1n) is 5.33. The third-order valence-electron chi connectivity index (χ3n) is 2.18. The zero-order chi connectivity index (χ0) is 13.9. The second-order valence-electron chi connectivity index (χ2n) is 3.85. The molecule has 2 aromatic rings. The van der Waals surface area contributed by atoms with Crippen molar-refractivity contribution < 1.29 is 8.42 Å². The zero-order valence-corrected chi connectivity index (χ0v) is 12.4. The molecule has 0 aliphatic heterocycles. The quantitative estimate of drug-likeness (QED) is 0.889. The van der Waals surface area contributed by atoms with Gasteiger partial charge >= 0.3 is 0 Å². The van der Waals surface area contributed by atoms with Gasteiger partial charge < -0.3 is 5.32 Å². The van der Waals surface area contributed by atoms with Crippen LogP contribution in [0.15, 0.2) is 29.8 Å². The summed E-state index contributed by atoms with van der Waals surface area (Å²) in [5, 5.41) is 6.46. The van der Waals surface area contributed by atoms with Gasteiger partial charge in [0.1, 0.15) is 5.01 Å². The van der Waals surface area contributed by atoms with Crippen molar-refractivity contribution in [2.45, 2.75) is 6.54 Å². The average Bonchev–Trinajstić information content (AvgIpc) is 2.81. The minimum atomic E-state index is -3.30. The van der Waals surface area contributed by atoms with E-state index in [2.05, 4.69) is 15.0 Å². The second kappa shape index (κ2) is 5.77. The van der Waals surface area contributed by atoms with E-state index in [1.807, 2.05) is 5.38 Å². The fourth-order valence-electron chi connectivity index (χ4n) is 1.45. The molecule has 0 aliphatic rings. The van der Waals surface area contributed by atoms with Crippen LogP contribution in [0, 0.1) is 0 Å². The van der Waals surface area contributed by atoms with Gasteiger partial charge in [0.05, 0.1) is 29.2 Å². The van der Waals surface area contributed by atoms with E-state index < -0.39 is 10.0 Å². The molecule has 0 unspecified atom stereocenters. The zero-order valence-electron chi connectivity index (χ0n) is 10.1. The summed E-state index contributed by atoms with van der Waals surface area (Å²) in [5.41, 5.74) is 1.12. The van der Waals surface area contributed by atoms with Crippen LogP contribution in [0.1, 0.15) is 5.01 Å². The monoisotopic (exact) mass is 317 g/mol. The summed E-state index contributed by atoms with van der Waals surface area (Å²) in [4.78, 5) is 4.14. The van der Waals surface area contributed by atoms with E-state index in [1.54, 1.807) is 24.4 Å². The molecule has 1 aromatic carbocycles. The Bertz CT molecular complexity index is 657. The highest BCUT2D eigenvalue weighted by molar-refractivity contribution is 7.92. The van der Waals surface area contributed by atoms with Gasteiger partial charge in [-0.3, -0.25) is 4.72 Å². The molecular formula is C11H12ClN3O2S2. The minimum absolute atomic E-state index is 0.466. The first kappa shape index (κ1) is 14.1. The van der Waals surface area contributed by atoms with E-state index in [9.17, 15) is 8.42 Å². The first-order chi connectivity index (χ1) is 8.94. The smallest absolute Gasteiger partial charge is 0.229 e. The van der Waals surface area contributed by atoms with Crippen molar-refractivity contribution in [2.24, 2.45) is 0 Å². The lowest BCUT2D eigenvalue weighted by molar-refractivity contribution is 0.607. The van der Waals surface area contributed by atoms with Gasteiger partial charge in [-0.1, -0.05) is 11.6 Å². The summed E-state index contributed by atoms with van der Waals surface area (Å²) in [7, 11) is -3.30. The van der Waals surface area contributed by atoms with Crippen molar-refractivity contribution >= 4 is 44.3 Å². The predicted octanol–water partition coefficient (Wildman–Crippen LogP) is 2.78. The molecule has 1 aromatic heterocycles. The number of hydrogen-bond acceptors (Lipinski definition) is 5. The number of halogens is 1. The third kappa shape index (κ3) is 4.38. The molecule has 0 saturated heterocycles. The largest absolute Gasteiger partial charge is 0.377 e. The Kier molecular flexibility index (Phi) is 4.28. The van der Waals surface area contributed by atoms with Crippen LogP contribution < -0.4 is 10.0 Å². The summed E-state index contributed by atoms with van der Waals surface area (Å²) < 4.78 is 24.7. The molecule has 8 heteroatoms. The second-order valence-corrected chi connectivity index (χ2v) is 6.98. The highest BCUT2D eigenvalue weighted by Gasteiger charge is 2.06. The van der Waals surface area contributed by atoms with Gasteiger partial charge in [-0.15, -0.1) is 11.3 Å². The number of anilines is 2. The fraction of sp³-hybridized carbons (Fsp3) is 0.182. The lowest BCUT2D eigenvalue weighted by Gasteiger charge is -2.10. The number of sulfonamides is 1. The van der Waals surface area contributed by atoms with Crippen LogP contribution in [0.5, 0.6) is 0 Å². The summed E-state index contributed by atoms with van der Waals surface area (Å²) in [6, 6.07) is 4.90. The van der Waals surface area contributed by atoms with Crippen LogP contribution in [0.4, 0.5) is 11.4 Å². The number of nitrogens with one attached hydrogen (secondary N) is 2. The number of hydrogen-bond donors (Lipinski definition) is 2. The molecule has 0 radical (unpaired) electrons. The van der Waals surface area contributed by atoms with Crippen molar-refractivity contribution in [2.75, 3.05) is 16.3 Å². The lowest BCUT2D eigenvalue weighted by atomic mass is 10.3. The molecule has 0 atom stereocenters. The molecule has 0 bridgehead atoms. The molecule has 1 heterocycles. The maximum atomic E-state index is 11.2. The predicted molar refractivity (Wildman–Crippen MR) is 79.4 cm³/mol. The van der Waals surface area contributed by atoms with Crippen LogP contribution in [0.3, 0.4) is 0 Å². The topological polar surface area (TPSA) is 71.1 Å². The van der Waals surface area contributed by atoms with Crippen LogP contribution in [0.2, 0.25) is 5.02 Å². The van der Waals surface area contributed by atoms with Gasteiger partial charge in [0, 0.05) is 11.6 Å². The van der Waals surface area contributed by atoms with Gasteiger partial charge in [-0.25, -0.2) is 13.4 Å². The van der Waals surface area contributed by atoms with Gasteiger partial charge in [0.15, 0.2) is 0 Å². The van der Waals surface area contributed by atoms with E-state index in [0.29, 0.717) is 22.9 Å². The molecule has 0 aliphatic carbocycles. The highest BCUT2D eigenvalue weighted by Crippen LogP contribution is 2.26. The Morgan fingerprint density at radius 3 is 2.84 bits per heavy atom. The van der Waals surface area contributed by atoms with Gasteiger partial charge in [-0.05, 0) is 18.2 Å². The van der Waals surface area contributed by atoms with Crippen LogP contribution >= 0.6 is 22.9 Å². The minimum Gasteiger partial charge on any atom is -0.377 e. The average molecular weight is 318 g/mol. The van der Waals surface area contributed by atoms with Gasteiger partial charge in [-0.2, -0.15) is 0 Å². The standard InChI is InChI=1S/C11H12ClN3O2S2/c1-19(16,17)15-8-2-3-9(12)10(6-8)14-7-11-13-4-5-18-11/h2-6,14-15H,7H2,1H3. The lowest BCUT2D eigenvalue weighted by Crippen LogP contribution is -2.10. The molecule has 102 valence electrons. The Balaban J connectivity index is 2.13. The normalized spacial score (nSPS) is 11.3. The van der Waals surface area contributed by atoms with E-state index in [-0.39, 0.29) is 0 Å². The maximum absolute atomic E-state index is 11.2. The van der Waals surface area contributed by atoms with Crippen molar-refractivity contribution in [3.05, 3.63) is 39.8 Å². The van der Waals surface area contributed by atoms with E-state index in [1.165, 1.54) is 11.3 Å². The first-order valence-corrected chi connectivity index (χ1v) is 8.48. The Hall–Kier alpha value is -1.31. The fourth-order valence-corrected chi connectivity index (χ4v) is 2.74. The van der Waals surface area contributed by atoms with Crippen molar-refractivity contribution in [3.8, 4) is 0 Å². The molecule has 19 heavy (non-hydrogen) atoms. The molecule has 2 rings (SSSR count). The van der Waals surface area contributed by atoms with Gasteiger partial charge in [0.25, 0.3) is 0 Å². The van der Waals surface area contributed by atoms with Crippen molar-refractivity contribution in [1.29, 1.82) is 0 Å². The van der Waals surface area contributed by atoms with E-state index >= 15 is 0 Å². The van der Waals surface area contributed by atoms with Gasteiger partial charge in [0.2, 0.25) is 10.0 Å². The number of aromatic nitrogens is 1. The SMILES string of the molecule is CS(=O)(=O)Nc1ccc(Cl)c(NCc2nccs2)c1. The Labute approximate surface area is 120 Å². The number of thiazole rings is 1. The Morgan fingerprint density at radius 1 is 1.42 bits per heavy atom. The summed E-state index contributed by atoms with van der Waals surface area (Å²) >= 11 is 7.58. The number of benzene rings is 1. The third-order valence-corrected chi connectivity index (χ3v) is 3.90. The van der Waals surface area contributed by atoms with Crippen LogP contribution in [0.25, 0.3) is 0 Å². The van der Waals surface area contributed by atoms with Crippen molar-refractivity contribution in [3.63, 3.8) is 0 Å². The highest BCUT2D eigenvalue weighted by atomic mass is 35.5. The molecule has 0 spiro atoms. The van der Waals surface area contributed by atoms with E-state index in [4.69, 9.17) is 11.6 Å². The van der Waals surface area contributed by atoms with Crippen molar-refractivity contribution in [1.82, 2.24) is 4.98 Å². The summed E-state index contributed by atoms with van der Waals surface area (Å²) in [5.74, 6) is 0. The van der Waals surface area contributed by atoms with E-state index in [0.717, 1.165) is 11.3 Å². The molecule has 2 N–H and O–H groups in total. The molecule has 0 amide bonds. The van der Waals surface area contributed by atoms with Crippen LogP contribution in [-0.2, 0) is 16.6 Å². The number of rotatable bonds is 5. The molecule has 0 saturated carbocycles. The molecule has 5 nitrogen and oxygen atoms in total. The number of nitrogens with zero attached hydrogens (tertiary/aromatic N) is 1. The summed E-state index contributed by atoms with van der Waals surface area (Å²) in [6.45, 7) is 0.541.